The van der Waals surface area contributed by atoms with Crippen molar-refractivity contribution < 1.29 is 5.11 Å². The molecule has 2 rings (SSSR count). The van der Waals surface area contributed by atoms with Gasteiger partial charge in [-0.1, -0.05) is 0 Å². The van der Waals surface area contributed by atoms with E-state index in [0.717, 1.165) is 24.2 Å². The van der Waals surface area contributed by atoms with E-state index < -0.39 is 0 Å². The third kappa shape index (κ3) is 0.888. The summed E-state index contributed by atoms with van der Waals surface area (Å²) in [6.45, 7) is 0.895. The molecule has 0 aromatic heterocycles. The molecule has 0 unspecified atom stereocenters. The summed E-state index contributed by atoms with van der Waals surface area (Å²) in [6.07, 6.45) is 0.890. The maximum Gasteiger partial charge on any atom is 0.122 e. The topological polar surface area (TPSA) is 58.3 Å². The van der Waals surface area contributed by atoms with Gasteiger partial charge >= 0.3 is 0 Å². The first-order valence-electron chi connectivity index (χ1n) is 3.62. The van der Waals surface area contributed by atoms with Crippen molar-refractivity contribution in [2.24, 2.45) is 0 Å². The third-order valence-corrected chi connectivity index (χ3v) is 1.94. The number of phenols is 1. The van der Waals surface area contributed by atoms with Gasteiger partial charge in [0, 0.05) is 29.5 Å². The minimum atomic E-state index is 0.310. The quantitative estimate of drug-likeness (QED) is 0.482. The van der Waals surface area contributed by atoms with Crippen molar-refractivity contribution in [3.05, 3.63) is 17.7 Å². The van der Waals surface area contributed by atoms with Gasteiger partial charge in [0.1, 0.15) is 5.75 Å². The Morgan fingerprint density at radius 3 is 3.09 bits per heavy atom. The molecule has 1 aliphatic rings. The fraction of sp³-hybridized carbons (Fsp3) is 0.250. The van der Waals surface area contributed by atoms with Crippen LogP contribution in [0.3, 0.4) is 0 Å². The van der Waals surface area contributed by atoms with E-state index in [4.69, 9.17) is 5.73 Å². The molecule has 1 heterocycles. The molecule has 3 nitrogen and oxygen atoms in total. The van der Waals surface area contributed by atoms with Gasteiger partial charge in [-0.05, 0) is 12.5 Å². The summed E-state index contributed by atoms with van der Waals surface area (Å²) in [4.78, 5) is 0. The number of aromatic hydroxyl groups is 1. The number of benzene rings is 1. The van der Waals surface area contributed by atoms with Crippen molar-refractivity contribution >= 4 is 11.4 Å². The molecule has 0 radical (unpaired) electrons. The van der Waals surface area contributed by atoms with Crippen LogP contribution in [-0.4, -0.2) is 11.7 Å². The number of phenolic OH excluding ortho intramolecular Hbond substituents is 1. The van der Waals surface area contributed by atoms with Gasteiger partial charge in [-0.2, -0.15) is 0 Å². The highest BCUT2D eigenvalue weighted by molar-refractivity contribution is 5.67. The highest BCUT2D eigenvalue weighted by Gasteiger charge is 2.13. The molecule has 1 aromatic carbocycles. The van der Waals surface area contributed by atoms with Gasteiger partial charge in [-0.15, -0.1) is 0 Å². The molecule has 1 aromatic rings. The fourth-order valence-corrected chi connectivity index (χ4v) is 1.42. The number of hydrogen-bond acceptors (Lipinski definition) is 3. The Morgan fingerprint density at radius 2 is 2.27 bits per heavy atom. The molecule has 0 bridgehead atoms. The Morgan fingerprint density at radius 1 is 1.45 bits per heavy atom. The van der Waals surface area contributed by atoms with Gasteiger partial charge in [0.05, 0.1) is 0 Å². The first-order chi connectivity index (χ1) is 5.27. The molecule has 0 spiro atoms. The maximum absolute atomic E-state index is 9.39. The van der Waals surface area contributed by atoms with Crippen molar-refractivity contribution in [2.45, 2.75) is 6.42 Å². The summed E-state index contributed by atoms with van der Waals surface area (Å²) in [5.41, 5.74) is 8.10. The lowest BCUT2D eigenvalue weighted by molar-refractivity contribution is 0.470. The first kappa shape index (κ1) is 6.34. The van der Waals surface area contributed by atoms with E-state index in [1.165, 1.54) is 0 Å². The number of nitrogens with one attached hydrogen (secondary N) is 1. The van der Waals surface area contributed by atoms with E-state index in [0.29, 0.717) is 11.4 Å². The minimum absolute atomic E-state index is 0.310. The first-order valence-corrected chi connectivity index (χ1v) is 3.62. The van der Waals surface area contributed by atoms with Crippen LogP contribution in [0.5, 0.6) is 5.75 Å². The van der Waals surface area contributed by atoms with Gasteiger partial charge in [0.15, 0.2) is 0 Å². The van der Waals surface area contributed by atoms with Crippen LogP contribution in [0.25, 0.3) is 0 Å². The fourth-order valence-electron chi connectivity index (χ4n) is 1.42. The van der Waals surface area contributed by atoms with Crippen LogP contribution in [0.4, 0.5) is 11.4 Å². The summed E-state index contributed by atoms with van der Waals surface area (Å²) in [6, 6.07) is 3.44. The van der Waals surface area contributed by atoms with E-state index in [1.807, 2.05) is 6.07 Å². The van der Waals surface area contributed by atoms with E-state index in [2.05, 4.69) is 5.32 Å². The average molecular weight is 150 g/mol. The Labute approximate surface area is 64.8 Å². The summed E-state index contributed by atoms with van der Waals surface area (Å²) < 4.78 is 0. The standard InChI is InChI=1S/C8H10N2O/c9-5-3-7-6(1-2-10-7)8(11)4-5/h3-4,10-11H,1-2,9H2. The van der Waals surface area contributed by atoms with Crippen molar-refractivity contribution in [1.29, 1.82) is 0 Å². The van der Waals surface area contributed by atoms with Crippen LogP contribution in [0, 0.1) is 0 Å². The van der Waals surface area contributed by atoms with E-state index in [9.17, 15) is 5.11 Å². The second-order valence-electron chi connectivity index (χ2n) is 2.74. The maximum atomic E-state index is 9.39. The Balaban J connectivity index is 2.60. The van der Waals surface area contributed by atoms with Crippen LogP contribution in [0.15, 0.2) is 12.1 Å². The summed E-state index contributed by atoms with van der Waals surface area (Å²) in [7, 11) is 0. The minimum Gasteiger partial charge on any atom is -0.508 e. The Hall–Kier alpha value is -1.38. The third-order valence-electron chi connectivity index (χ3n) is 1.94. The van der Waals surface area contributed by atoms with Crippen LogP contribution in [-0.2, 0) is 6.42 Å². The Bertz CT molecular complexity index is 296. The van der Waals surface area contributed by atoms with Crippen molar-refractivity contribution in [1.82, 2.24) is 0 Å². The van der Waals surface area contributed by atoms with E-state index in [1.54, 1.807) is 6.07 Å². The summed E-state index contributed by atoms with van der Waals surface area (Å²) >= 11 is 0. The van der Waals surface area contributed by atoms with Gasteiger partial charge in [-0.25, -0.2) is 0 Å². The normalized spacial score (nSPS) is 14.2. The molecule has 0 amide bonds. The molecule has 0 saturated carbocycles. The molecule has 4 N–H and O–H groups in total. The van der Waals surface area contributed by atoms with Gasteiger partial charge < -0.3 is 16.2 Å². The smallest absolute Gasteiger partial charge is 0.122 e. The zero-order chi connectivity index (χ0) is 7.84. The zero-order valence-corrected chi connectivity index (χ0v) is 6.09. The molecule has 3 heteroatoms. The molecule has 1 aliphatic heterocycles. The van der Waals surface area contributed by atoms with E-state index >= 15 is 0 Å². The van der Waals surface area contributed by atoms with Gasteiger partial charge in [0.2, 0.25) is 0 Å². The van der Waals surface area contributed by atoms with Gasteiger partial charge in [-0.3, -0.25) is 0 Å². The molecule has 0 fully saturated rings. The Kier molecular flexibility index (Phi) is 1.18. The molecule has 0 aliphatic carbocycles. The zero-order valence-electron chi connectivity index (χ0n) is 6.09. The SMILES string of the molecule is Nc1cc(O)c2c(c1)NCC2. The highest BCUT2D eigenvalue weighted by atomic mass is 16.3. The number of nitrogens with two attached hydrogens (primary N) is 1. The van der Waals surface area contributed by atoms with Crippen LogP contribution < -0.4 is 11.1 Å². The highest BCUT2D eigenvalue weighted by Crippen LogP contribution is 2.32. The predicted molar refractivity (Wildman–Crippen MR) is 44.7 cm³/mol. The van der Waals surface area contributed by atoms with Crippen LogP contribution in [0.2, 0.25) is 0 Å². The lowest BCUT2D eigenvalue weighted by Gasteiger charge is -2.02. The lowest BCUT2D eigenvalue weighted by atomic mass is 10.1. The number of rotatable bonds is 0. The largest absolute Gasteiger partial charge is 0.508 e. The second kappa shape index (κ2) is 2.05. The number of anilines is 2. The summed E-state index contributed by atoms with van der Waals surface area (Å²) in [5.74, 6) is 0.310. The van der Waals surface area contributed by atoms with Crippen LogP contribution >= 0.6 is 0 Å². The second-order valence-corrected chi connectivity index (χ2v) is 2.74. The monoisotopic (exact) mass is 150 g/mol. The summed E-state index contributed by atoms with van der Waals surface area (Å²) in [5, 5.41) is 12.5. The van der Waals surface area contributed by atoms with E-state index in [-0.39, 0.29) is 0 Å². The average Bonchev–Trinajstić information content (AvgIpc) is 2.34. The van der Waals surface area contributed by atoms with Crippen molar-refractivity contribution in [2.75, 3.05) is 17.6 Å². The van der Waals surface area contributed by atoms with Crippen LogP contribution in [0.1, 0.15) is 5.56 Å². The number of fused-ring (bicyclic) bond motifs is 1. The van der Waals surface area contributed by atoms with Crippen molar-refractivity contribution in [3.8, 4) is 5.75 Å². The molecule has 11 heavy (non-hydrogen) atoms. The molecule has 0 saturated heterocycles. The molecule has 0 atom stereocenters. The molecular formula is C8H10N2O. The number of nitrogen functional groups attached to an aromatic ring is 1. The van der Waals surface area contributed by atoms with Gasteiger partial charge in [0.25, 0.3) is 0 Å². The number of hydrogen-bond donors (Lipinski definition) is 3. The molecular weight excluding hydrogens is 140 g/mol. The van der Waals surface area contributed by atoms with Crippen molar-refractivity contribution in [3.63, 3.8) is 0 Å². The molecule has 58 valence electrons. The predicted octanol–water partition coefficient (Wildman–Crippen LogP) is 0.942. The lowest BCUT2D eigenvalue weighted by Crippen LogP contribution is -1.91.